The van der Waals surface area contributed by atoms with Crippen molar-refractivity contribution >= 4 is 17.7 Å². The van der Waals surface area contributed by atoms with E-state index in [1.807, 2.05) is 6.07 Å². The fourth-order valence-electron chi connectivity index (χ4n) is 3.00. The van der Waals surface area contributed by atoms with Crippen LogP contribution in [-0.2, 0) is 21.5 Å². The van der Waals surface area contributed by atoms with E-state index in [0.717, 1.165) is 0 Å². The van der Waals surface area contributed by atoms with Crippen LogP contribution in [0.1, 0.15) is 28.2 Å². The van der Waals surface area contributed by atoms with Crippen molar-refractivity contribution in [2.24, 2.45) is 5.73 Å². The molecule has 0 saturated carbocycles. The first-order chi connectivity index (χ1) is 10.5. The topological polar surface area (TPSA) is 102 Å². The molecule has 0 radical (unpaired) electrons. The molecule has 2 aromatic rings. The predicted octanol–water partition coefficient (Wildman–Crippen LogP) is 0.930. The van der Waals surface area contributed by atoms with E-state index in [9.17, 15) is 19.5 Å². The average Bonchev–Trinajstić information content (AvgIpc) is 3.07. The molecule has 1 aromatic heterocycles. The molecule has 6 nitrogen and oxygen atoms in total. The van der Waals surface area contributed by atoms with Gasteiger partial charge in [-0.3, -0.25) is 14.4 Å². The molecule has 1 aliphatic heterocycles. The van der Waals surface area contributed by atoms with Crippen molar-refractivity contribution < 1.29 is 19.5 Å². The van der Waals surface area contributed by atoms with Gasteiger partial charge in [-0.15, -0.1) is 0 Å². The third-order valence-corrected chi connectivity index (χ3v) is 4.18. The standard InChI is InChI=1S/C16H14N2O4/c17-14(20)16(15(21)22)8-9-18-11(6-7-12(16)18)13(19)10-4-2-1-3-5-10/h1-7H,8-9H2,(H2,17,20)(H,21,22). The van der Waals surface area contributed by atoms with Crippen LogP contribution in [-0.4, -0.2) is 27.3 Å². The molecule has 1 aliphatic rings. The van der Waals surface area contributed by atoms with Crippen molar-refractivity contribution in [2.45, 2.75) is 18.4 Å². The maximum Gasteiger partial charge on any atom is 0.325 e. The van der Waals surface area contributed by atoms with Crippen LogP contribution in [0, 0.1) is 0 Å². The van der Waals surface area contributed by atoms with Crippen LogP contribution in [0.5, 0.6) is 0 Å². The number of benzene rings is 1. The highest BCUT2D eigenvalue weighted by molar-refractivity contribution is 6.10. The molecule has 1 atom stereocenters. The molecule has 1 unspecified atom stereocenters. The second-order valence-corrected chi connectivity index (χ2v) is 5.28. The summed E-state index contributed by atoms with van der Waals surface area (Å²) in [5, 5.41) is 9.45. The number of fused-ring (bicyclic) bond motifs is 1. The third-order valence-electron chi connectivity index (χ3n) is 4.18. The SMILES string of the molecule is NC(=O)C1(C(=O)O)CCn2c(C(=O)c3ccccc3)ccc21. The Hall–Kier alpha value is -2.89. The van der Waals surface area contributed by atoms with Crippen molar-refractivity contribution in [1.82, 2.24) is 4.57 Å². The summed E-state index contributed by atoms with van der Waals surface area (Å²) in [7, 11) is 0. The van der Waals surface area contributed by atoms with E-state index in [-0.39, 0.29) is 24.4 Å². The minimum atomic E-state index is -1.75. The van der Waals surface area contributed by atoms with Gasteiger partial charge >= 0.3 is 5.97 Å². The number of nitrogens with two attached hydrogens (primary N) is 1. The Labute approximate surface area is 126 Å². The van der Waals surface area contributed by atoms with E-state index in [1.165, 1.54) is 6.07 Å². The Morgan fingerprint density at radius 2 is 1.77 bits per heavy atom. The highest BCUT2D eigenvalue weighted by atomic mass is 16.4. The second-order valence-electron chi connectivity index (χ2n) is 5.28. The predicted molar refractivity (Wildman–Crippen MR) is 77.4 cm³/mol. The molecule has 1 amide bonds. The molecule has 0 saturated heterocycles. The van der Waals surface area contributed by atoms with E-state index in [1.54, 1.807) is 34.9 Å². The Balaban J connectivity index is 2.09. The summed E-state index contributed by atoms with van der Waals surface area (Å²) in [6, 6.07) is 11.7. The maximum absolute atomic E-state index is 12.5. The zero-order valence-corrected chi connectivity index (χ0v) is 11.7. The summed E-state index contributed by atoms with van der Waals surface area (Å²) in [5.74, 6) is -2.40. The molecular weight excluding hydrogens is 284 g/mol. The van der Waals surface area contributed by atoms with Gasteiger partial charge < -0.3 is 15.4 Å². The quantitative estimate of drug-likeness (QED) is 0.647. The minimum absolute atomic E-state index is 0.0584. The molecular formula is C16H14N2O4. The van der Waals surface area contributed by atoms with E-state index < -0.39 is 17.3 Å². The molecule has 2 heterocycles. The number of carbonyl (C=O) groups is 3. The Morgan fingerprint density at radius 3 is 2.36 bits per heavy atom. The number of rotatable bonds is 4. The number of carbonyl (C=O) groups excluding carboxylic acids is 2. The largest absolute Gasteiger partial charge is 0.480 e. The zero-order valence-electron chi connectivity index (χ0n) is 11.7. The van der Waals surface area contributed by atoms with Gasteiger partial charge in [-0.1, -0.05) is 30.3 Å². The lowest BCUT2D eigenvalue weighted by Gasteiger charge is -2.19. The van der Waals surface area contributed by atoms with Gasteiger partial charge in [0.1, 0.15) is 0 Å². The molecule has 0 spiro atoms. The first kappa shape index (κ1) is 14.1. The number of aromatic nitrogens is 1. The van der Waals surface area contributed by atoms with Crippen LogP contribution >= 0.6 is 0 Å². The van der Waals surface area contributed by atoms with Crippen LogP contribution in [0.15, 0.2) is 42.5 Å². The summed E-state index contributed by atoms with van der Waals surface area (Å²) >= 11 is 0. The summed E-state index contributed by atoms with van der Waals surface area (Å²) < 4.78 is 1.58. The van der Waals surface area contributed by atoms with Crippen LogP contribution in [0.3, 0.4) is 0 Å². The Kier molecular flexibility index (Phi) is 3.09. The monoisotopic (exact) mass is 298 g/mol. The van der Waals surface area contributed by atoms with Crippen LogP contribution < -0.4 is 5.73 Å². The van der Waals surface area contributed by atoms with Gasteiger partial charge in [0.15, 0.2) is 5.41 Å². The van der Waals surface area contributed by atoms with E-state index in [0.29, 0.717) is 11.3 Å². The normalized spacial score (nSPS) is 19.6. The van der Waals surface area contributed by atoms with Crippen LogP contribution in [0.25, 0.3) is 0 Å². The molecule has 3 rings (SSSR count). The number of nitrogens with zero attached hydrogens (tertiary/aromatic N) is 1. The number of hydrogen-bond acceptors (Lipinski definition) is 3. The van der Waals surface area contributed by atoms with E-state index >= 15 is 0 Å². The number of hydrogen-bond donors (Lipinski definition) is 2. The van der Waals surface area contributed by atoms with Gasteiger partial charge in [0.2, 0.25) is 11.7 Å². The summed E-state index contributed by atoms with van der Waals surface area (Å²) in [6.07, 6.45) is 0.0584. The number of ketones is 1. The van der Waals surface area contributed by atoms with Crippen molar-refractivity contribution in [3.05, 3.63) is 59.4 Å². The fourth-order valence-corrected chi connectivity index (χ4v) is 3.00. The lowest BCUT2D eigenvalue weighted by atomic mass is 9.83. The van der Waals surface area contributed by atoms with E-state index in [4.69, 9.17) is 5.73 Å². The average molecular weight is 298 g/mol. The van der Waals surface area contributed by atoms with E-state index in [2.05, 4.69) is 0 Å². The van der Waals surface area contributed by atoms with Crippen LogP contribution in [0.2, 0.25) is 0 Å². The molecule has 6 heteroatoms. The van der Waals surface area contributed by atoms with Gasteiger partial charge in [0.05, 0.1) is 5.69 Å². The summed E-state index contributed by atoms with van der Waals surface area (Å²) in [6.45, 7) is 0.269. The molecule has 112 valence electrons. The van der Waals surface area contributed by atoms with Gasteiger partial charge in [0, 0.05) is 17.8 Å². The molecule has 22 heavy (non-hydrogen) atoms. The molecule has 3 N–H and O–H groups in total. The molecule has 0 bridgehead atoms. The second kappa shape index (κ2) is 4.84. The molecule has 0 aliphatic carbocycles. The first-order valence-electron chi connectivity index (χ1n) is 6.81. The fraction of sp³-hybridized carbons (Fsp3) is 0.188. The summed E-state index contributed by atoms with van der Waals surface area (Å²) in [5.41, 5.74) is 4.72. The number of amides is 1. The van der Waals surface area contributed by atoms with Gasteiger partial charge in [-0.25, -0.2) is 0 Å². The lowest BCUT2D eigenvalue weighted by molar-refractivity contribution is -0.148. The first-order valence-corrected chi connectivity index (χ1v) is 6.81. The number of carboxylic acids is 1. The highest BCUT2D eigenvalue weighted by Crippen LogP contribution is 2.37. The lowest BCUT2D eigenvalue weighted by Crippen LogP contribution is -2.46. The Bertz CT molecular complexity index is 763. The van der Waals surface area contributed by atoms with Crippen molar-refractivity contribution in [2.75, 3.05) is 0 Å². The molecule has 0 fully saturated rings. The summed E-state index contributed by atoms with van der Waals surface area (Å²) in [4.78, 5) is 35.8. The number of primary amides is 1. The van der Waals surface area contributed by atoms with Gasteiger partial charge in [0.25, 0.3) is 0 Å². The van der Waals surface area contributed by atoms with Crippen LogP contribution in [0.4, 0.5) is 0 Å². The minimum Gasteiger partial charge on any atom is -0.480 e. The van der Waals surface area contributed by atoms with Gasteiger partial charge in [-0.05, 0) is 18.6 Å². The number of aliphatic carboxylic acids is 1. The smallest absolute Gasteiger partial charge is 0.325 e. The zero-order chi connectivity index (χ0) is 15.9. The molecule has 1 aromatic carbocycles. The van der Waals surface area contributed by atoms with Crippen molar-refractivity contribution in [3.8, 4) is 0 Å². The van der Waals surface area contributed by atoms with Crippen molar-refractivity contribution in [1.29, 1.82) is 0 Å². The number of carboxylic acid groups (broad SMARTS) is 1. The third kappa shape index (κ3) is 1.77. The van der Waals surface area contributed by atoms with Crippen molar-refractivity contribution in [3.63, 3.8) is 0 Å². The van der Waals surface area contributed by atoms with Gasteiger partial charge in [-0.2, -0.15) is 0 Å². The highest BCUT2D eigenvalue weighted by Gasteiger charge is 2.52. The Morgan fingerprint density at radius 1 is 1.09 bits per heavy atom. The maximum atomic E-state index is 12.5.